The molecule has 0 saturated heterocycles. The van der Waals surface area contributed by atoms with E-state index >= 15 is 0 Å². The van der Waals surface area contributed by atoms with Gasteiger partial charge < -0.3 is 0 Å². The van der Waals surface area contributed by atoms with E-state index in [0.29, 0.717) is 11.6 Å². The van der Waals surface area contributed by atoms with Crippen LogP contribution >= 0.6 is 0 Å². The SMILES string of the molecule is N#Cc1cccc(C(C#N)NC2CCCCC2)c1. The Hall–Kier alpha value is -1.84. The van der Waals surface area contributed by atoms with E-state index in [4.69, 9.17) is 5.26 Å². The molecule has 0 aliphatic heterocycles. The average Bonchev–Trinajstić information content (AvgIpc) is 2.46. The maximum atomic E-state index is 9.28. The van der Waals surface area contributed by atoms with Gasteiger partial charge in [-0.1, -0.05) is 31.4 Å². The lowest BCUT2D eigenvalue weighted by Crippen LogP contribution is -2.33. The predicted octanol–water partition coefficient (Wildman–Crippen LogP) is 3.05. The first kappa shape index (κ1) is 12.6. The minimum Gasteiger partial charge on any atom is -0.295 e. The first-order valence-corrected chi connectivity index (χ1v) is 6.49. The van der Waals surface area contributed by atoms with Crippen LogP contribution in [-0.2, 0) is 0 Å². The van der Waals surface area contributed by atoms with Gasteiger partial charge in [0.05, 0.1) is 17.7 Å². The summed E-state index contributed by atoms with van der Waals surface area (Å²) < 4.78 is 0. The minimum atomic E-state index is -0.304. The second-order valence-electron chi connectivity index (χ2n) is 4.80. The van der Waals surface area contributed by atoms with E-state index in [-0.39, 0.29) is 6.04 Å². The summed E-state index contributed by atoms with van der Waals surface area (Å²) in [6, 6.07) is 11.8. The van der Waals surface area contributed by atoms with E-state index in [9.17, 15) is 5.26 Å². The molecule has 3 nitrogen and oxygen atoms in total. The van der Waals surface area contributed by atoms with Crippen LogP contribution in [0.4, 0.5) is 0 Å². The molecule has 1 unspecified atom stereocenters. The van der Waals surface area contributed by atoms with E-state index < -0.39 is 0 Å². The Morgan fingerprint density at radius 1 is 1.17 bits per heavy atom. The van der Waals surface area contributed by atoms with Crippen molar-refractivity contribution in [2.75, 3.05) is 0 Å². The summed E-state index contributed by atoms with van der Waals surface area (Å²) >= 11 is 0. The van der Waals surface area contributed by atoms with E-state index in [1.54, 1.807) is 12.1 Å². The van der Waals surface area contributed by atoms with Crippen LogP contribution < -0.4 is 5.32 Å². The second-order valence-corrected chi connectivity index (χ2v) is 4.80. The molecular weight excluding hydrogens is 222 g/mol. The Bertz CT molecular complexity index is 475. The first-order valence-electron chi connectivity index (χ1n) is 6.49. The zero-order chi connectivity index (χ0) is 12.8. The average molecular weight is 239 g/mol. The lowest BCUT2D eigenvalue weighted by Gasteiger charge is -2.25. The molecule has 0 heterocycles. The molecule has 1 aliphatic rings. The molecule has 1 aromatic rings. The zero-order valence-corrected chi connectivity index (χ0v) is 10.4. The molecule has 0 bridgehead atoms. The van der Waals surface area contributed by atoms with Gasteiger partial charge in [0.1, 0.15) is 6.04 Å². The van der Waals surface area contributed by atoms with Crippen LogP contribution in [0.15, 0.2) is 24.3 Å². The highest BCUT2D eigenvalue weighted by Crippen LogP contribution is 2.21. The van der Waals surface area contributed by atoms with Crippen LogP contribution in [0, 0.1) is 22.7 Å². The molecule has 1 aromatic carbocycles. The zero-order valence-electron chi connectivity index (χ0n) is 10.4. The number of nitrogens with one attached hydrogen (secondary N) is 1. The molecule has 0 aromatic heterocycles. The van der Waals surface area contributed by atoms with Gasteiger partial charge >= 0.3 is 0 Å². The van der Waals surface area contributed by atoms with Gasteiger partial charge in [-0.15, -0.1) is 0 Å². The van der Waals surface area contributed by atoms with E-state index in [1.807, 2.05) is 12.1 Å². The van der Waals surface area contributed by atoms with Crippen LogP contribution in [0.3, 0.4) is 0 Å². The van der Waals surface area contributed by atoms with E-state index in [1.165, 1.54) is 19.3 Å². The van der Waals surface area contributed by atoms with Crippen molar-refractivity contribution in [3.8, 4) is 12.1 Å². The van der Waals surface area contributed by atoms with Gasteiger partial charge in [-0.05, 0) is 30.5 Å². The molecule has 1 atom stereocenters. The molecule has 0 radical (unpaired) electrons. The fourth-order valence-electron chi connectivity index (χ4n) is 2.50. The summed E-state index contributed by atoms with van der Waals surface area (Å²) in [6.45, 7) is 0. The Kier molecular flexibility index (Phi) is 4.34. The Balaban J connectivity index is 2.08. The minimum absolute atomic E-state index is 0.304. The molecule has 18 heavy (non-hydrogen) atoms. The molecule has 0 spiro atoms. The van der Waals surface area contributed by atoms with Gasteiger partial charge in [-0.3, -0.25) is 5.32 Å². The molecule has 1 N–H and O–H groups in total. The Morgan fingerprint density at radius 3 is 2.61 bits per heavy atom. The smallest absolute Gasteiger partial charge is 0.121 e. The number of nitrogens with zero attached hydrogens (tertiary/aromatic N) is 2. The van der Waals surface area contributed by atoms with Crippen LogP contribution in [0.2, 0.25) is 0 Å². The molecule has 3 heteroatoms. The standard InChI is InChI=1S/C15H17N3/c16-10-12-5-4-6-13(9-12)15(11-17)18-14-7-2-1-3-8-14/h4-6,9,14-15,18H,1-3,7-8H2. The summed E-state index contributed by atoms with van der Waals surface area (Å²) in [6.07, 6.45) is 6.09. The third-order valence-corrected chi connectivity index (χ3v) is 3.49. The maximum Gasteiger partial charge on any atom is 0.121 e. The summed E-state index contributed by atoms with van der Waals surface area (Å²) in [7, 11) is 0. The van der Waals surface area contributed by atoms with Crippen LogP contribution in [0.5, 0.6) is 0 Å². The van der Waals surface area contributed by atoms with Crippen molar-refractivity contribution in [1.82, 2.24) is 5.32 Å². The van der Waals surface area contributed by atoms with Gasteiger partial charge in [0.2, 0.25) is 0 Å². The Morgan fingerprint density at radius 2 is 1.94 bits per heavy atom. The molecule has 0 amide bonds. The van der Waals surface area contributed by atoms with Crippen molar-refractivity contribution in [1.29, 1.82) is 10.5 Å². The van der Waals surface area contributed by atoms with Crippen molar-refractivity contribution in [2.45, 2.75) is 44.2 Å². The van der Waals surface area contributed by atoms with Crippen molar-refractivity contribution in [3.05, 3.63) is 35.4 Å². The fourth-order valence-corrected chi connectivity index (χ4v) is 2.50. The molecule has 1 aliphatic carbocycles. The van der Waals surface area contributed by atoms with Gasteiger partial charge in [0, 0.05) is 6.04 Å². The number of hydrogen-bond donors (Lipinski definition) is 1. The fraction of sp³-hybridized carbons (Fsp3) is 0.467. The van der Waals surface area contributed by atoms with E-state index in [2.05, 4.69) is 17.5 Å². The van der Waals surface area contributed by atoms with Crippen molar-refractivity contribution in [2.24, 2.45) is 0 Å². The van der Waals surface area contributed by atoms with Crippen LogP contribution in [0.1, 0.15) is 49.3 Å². The summed E-state index contributed by atoms with van der Waals surface area (Å²) in [5.41, 5.74) is 1.50. The molecule has 92 valence electrons. The van der Waals surface area contributed by atoms with Crippen molar-refractivity contribution >= 4 is 0 Å². The maximum absolute atomic E-state index is 9.28. The van der Waals surface area contributed by atoms with Crippen LogP contribution in [0.25, 0.3) is 0 Å². The molecule has 2 rings (SSSR count). The van der Waals surface area contributed by atoms with E-state index in [0.717, 1.165) is 18.4 Å². The second kappa shape index (κ2) is 6.19. The topological polar surface area (TPSA) is 59.6 Å². The monoisotopic (exact) mass is 239 g/mol. The number of hydrogen-bond acceptors (Lipinski definition) is 3. The molecule has 1 saturated carbocycles. The molecular formula is C15H17N3. The van der Waals surface area contributed by atoms with Gasteiger partial charge in [-0.2, -0.15) is 10.5 Å². The third-order valence-electron chi connectivity index (χ3n) is 3.49. The number of benzene rings is 1. The Labute approximate surface area is 108 Å². The lowest BCUT2D eigenvalue weighted by atomic mass is 9.94. The number of rotatable bonds is 3. The summed E-state index contributed by atoms with van der Waals surface area (Å²) in [5, 5.41) is 21.6. The summed E-state index contributed by atoms with van der Waals surface area (Å²) in [5.74, 6) is 0. The highest BCUT2D eigenvalue weighted by Gasteiger charge is 2.18. The largest absolute Gasteiger partial charge is 0.295 e. The highest BCUT2D eigenvalue weighted by atomic mass is 14.9. The van der Waals surface area contributed by atoms with Crippen molar-refractivity contribution < 1.29 is 0 Å². The highest BCUT2D eigenvalue weighted by molar-refractivity contribution is 5.36. The summed E-state index contributed by atoms with van der Waals surface area (Å²) in [4.78, 5) is 0. The van der Waals surface area contributed by atoms with Gasteiger partial charge in [0.15, 0.2) is 0 Å². The predicted molar refractivity (Wildman–Crippen MR) is 69.5 cm³/mol. The quantitative estimate of drug-likeness (QED) is 0.881. The van der Waals surface area contributed by atoms with Gasteiger partial charge in [0.25, 0.3) is 0 Å². The normalized spacial score (nSPS) is 17.7. The molecule has 1 fully saturated rings. The first-order chi connectivity index (χ1) is 8.83. The van der Waals surface area contributed by atoms with Crippen molar-refractivity contribution in [3.63, 3.8) is 0 Å². The van der Waals surface area contributed by atoms with Crippen LogP contribution in [-0.4, -0.2) is 6.04 Å². The van der Waals surface area contributed by atoms with Gasteiger partial charge in [-0.25, -0.2) is 0 Å². The lowest BCUT2D eigenvalue weighted by molar-refractivity contribution is 0.360. The third kappa shape index (κ3) is 3.09. The number of nitriles is 2.